The Morgan fingerprint density at radius 3 is 3.00 bits per heavy atom. The predicted octanol–water partition coefficient (Wildman–Crippen LogP) is 2.15. The molecule has 0 aliphatic heterocycles. The fourth-order valence-electron chi connectivity index (χ4n) is 1.41. The van der Waals surface area contributed by atoms with Crippen molar-refractivity contribution < 1.29 is 4.79 Å². The van der Waals surface area contributed by atoms with Gasteiger partial charge in [-0.15, -0.1) is 11.3 Å². The molecule has 5 heteroatoms. The number of thiazole rings is 1. The quantitative estimate of drug-likeness (QED) is 0.904. The van der Waals surface area contributed by atoms with Crippen LogP contribution in [0.4, 0.5) is 0 Å². The number of carbonyl (C=O) groups excluding carboxylic acids is 1. The maximum absolute atomic E-state index is 10.9. The summed E-state index contributed by atoms with van der Waals surface area (Å²) in [6.07, 6.45) is 3.53. The van der Waals surface area contributed by atoms with Gasteiger partial charge in [-0.25, -0.2) is 4.98 Å². The minimum absolute atomic E-state index is 0.0271. The van der Waals surface area contributed by atoms with Gasteiger partial charge < -0.3 is 5.32 Å². The second-order valence-corrected chi connectivity index (χ2v) is 4.76. The summed E-state index contributed by atoms with van der Waals surface area (Å²) in [6, 6.07) is 3.87. The first-order valence-electron chi connectivity index (χ1n) is 5.28. The highest BCUT2D eigenvalue weighted by Crippen LogP contribution is 2.26. The van der Waals surface area contributed by atoms with E-state index in [0.717, 1.165) is 21.1 Å². The number of aryl methyl sites for hydroxylation is 1. The summed E-state index contributed by atoms with van der Waals surface area (Å²) < 4.78 is 0. The molecule has 1 amide bonds. The smallest absolute Gasteiger partial charge is 0.217 e. The maximum atomic E-state index is 10.9. The normalized spacial score (nSPS) is 10.2. The highest BCUT2D eigenvalue weighted by atomic mass is 32.1. The van der Waals surface area contributed by atoms with Crippen LogP contribution in [0.25, 0.3) is 10.6 Å². The fourth-order valence-corrected chi connectivity index (χ4v) is 2.40. The fraction of sp³-hybridized carbons (Fsp3) is 0.250. The van der Waals surface area contributed by atoms with Crippen LogP contribution in [-0.2, 0) is 11.3 Å². The van der Waals surface area contributed by atoms with Crippen molar-refractivity contribution in [2.75, 3.05) is 0 Å². The Morgan fingerprint density at radius 1 is 1.53 bits per heavy atom. The average molecular weight is 247 g/mol. The first kappa shape index (κ1) is 11.7. The molecule has 2 aromatic heterocycles. The van der Waals surface area contributed by atoms with Crippen molar-refractivity contribution in [2.45, 2.75) is 20.4 Å². The number of nitrogens with one attached hydrogen (secondary N) is 1. The Morgan fingerprint density at radius 2 is 2.35 bits per heavy atom. The van der Waals surface area contributed by atoms with Crippen molar-refractivity contribution in [3.8, 4) is 10.6 Å². The lowest BCUT2D eigenvalue weighted by Crippen LogP contribution is -2.18. The molecule has 88 valence electrons. The standard InChI is InChI=1S/C12H13N3OS/c1-8-11(7-14-9(2)16)17-12(15-8)10-4-3-5-13-6-10/h3-6H,7H2,1-2H3,(H,14,16). The molecular formula is C12H13N3OS. The summed E-state index contributed by atoms with van der Waals surface area (Å²) in [7, 11) is 0. The van der Waals surface area contributed by atoms with Gasteiger partial charge in [0.05, 0.1) is 12.2 Å². The van der Waals surface area contributed by atoms with Gasteiger partial charge in [0.1, 0.15) is 5.01 Å². The largest absolute Gasteiger partial charge is 0.351 e. The molecule has 0 unspecified atom stereocenters. The van der Waals surface area contributed by atoms with E-state index >= 15 is 0 Å². The number of amides is 1. The van der Waals surface area contributed by atoms with Crippen LogP contribution in [0.3, 0.4) is 0 Å². The van der Waals surface area contributed by atoms with Crippen molar-refractivity contribution >= 4 is 17.2 Å². The van der Waals surface area contributed by atoms with Gasteiger partial charge in [0, 0.05) is 29.8 Å². The van der Waals surface area contributed by atoms with E-state index in [0.29, 0.717) is 6.54 Å². The van der Waals surface area contributed by atoms with Gasteiger partial charge in [-0.1, -0.05) is 0 Å². The van der Waals surface area contributed by atoms with Crippen LogP contribution in [0.5, 0.6) is 0 Å². The number of nitrogens with zero attached hydrogens (tertiary/aromatic N) is 2. The number of hydrogen-bond acceptors (Lipinski definition) is 4. The zero-order valence-corrected chi connectivity index (χ0v) is 10.5. The number of carbonyl (C=O) groups is 1. The van der Waals surface area contributed by atoms with Gasteiger partial charge in [-0.3, -0.25) is 9.78 Å². The number of rotatable bonds is 3. The SMILES string of the molecule is CC(=O)NCc1sc(-c2cccnc2)nc1C. The van der Waals surface area contributed by atoms with Gasteiger partial charge in [0.15, 0.2) is 0 Å². The molecule has 2 heterocycles. The number of hydrogen-bond donors (Lipinski definition) is 1. The van der Waals surface area contributed by atoms with E-state index in [1.165, 1.54) is 6.92 Å². The molecule has 2 aromatic rings. The van der Waals surface area contributed by atoms with Crippen LogP contribution in [0.15, 0.2) is 24.5 Å². The molecule has 0 fully saturated rings. The van der Waals surface area contributed by atoms with E-state index in [1.54, 1.807) is 23.7 Å². The van der Waals surface area contributed by atoms with Crippen LogP contribution in [-0.4, -0.2) is 15.9 Å². The third-order valence-electron chi connectivity index (χ3n) is 2.30. The molecule has 17 heavy (non-hydrogen) atoms. The second kappa shape index (κ2) is 5.05. The highest BCUT2D eigenvalue weighted by molar-refractivity contribution is 7.15. The first-order chi connectivity index (χ1) is 8.16. The summed E-state index contributed by atoms with van der Waals surface area (Å²) >= 11 is 1.59. The molecule has 0 aliphatic rings. The molecule has 0 bridgehead atoms. The Hall–Kier alpha value is -1.75. The van der Waals surface area contributed by atoms with E-state index in [4.69, 9.17) is 0 Å². The van der Waals surface area contributed by atoms with Gasteiger partial charge >= 0.3 is 0 Å². The molecule has 1 N–H and O–H groups in total. The topological polar surface area (TPSA) is 54.9 Å². The number of aromatic nitrogens is 2. The summed E-state index contributed by atoms with van der Waals surface area (Å²) in [5.41, 5.74) is 1.97. The molecule has 0 radical (unpaired) electrons. The maximum Gasteiger partial charge on any atom is 0.217 e. The third kappa shape index (κ3) is 2.88. The molecular weight excluding hydrogens is 234 g/mol. The van der Waals surface area contributed by atoms with Gasteiger partial charge in [0.25, 0.3) is 0 Å². The molecule has 0 spiro atoms. The van der Waals surface area contributed by atoms with Gasteiger partial charge in [-0.05, 0) is 19.1 Å². The van der Waals surface area contributed by atoms with Crippen LogP contribution < -0.4 is 5.32 Å². The Bertz CT molecular complexity index is 522. The van der Waals surface area contributed by atoms with Gasteiger partial charge in [0.2, 0.25) is 5.91 Å². The Labute approximate surface area is 104 Å². The van der Waals surface area contributed by atoms with E-state index in [1.807, 2.05) is 19.1 Å². The molecule has 0 aromatic carbocycles. The van der Waals surface area contributed by atoms with Crippen LogP contribution in [0.2, 0.25) is 0 Å². The van der Waals surface area contributed by atoms with Gasteiger partial charge in [-0.2, -0.15) is 0 Å². The second-order valence-electron chi connectivity index (χ2n) is 3.68. The van der Waals surface area contributed by atoms with Crippen molar-refractivity contribution in [1.82, 2.24) is 15.3 Å². The zero-order valence-electron chi connectivity index (χ0n) is 9.73. The lowest BCUT2D eigenvalue weighted by molar-refractivity contribution is -0.119. The zero-order chi connectivity index (χ0) is 12.3. The van der Waals surface area contributed by atoms with E-state index in [9.17, 15) is 4.79 Å². The molecule has 0 saturated carbocycles. The molecule has 2 rings (SSSR count). The monoisotopic (exact) mass is 247 g/mol. The minimum Gasteiger partial charge on any atom is -0.351 e. The Balaban J connectivity index is 2.22. The van der Waals surface area contributed by atoms with Crippen molar-refractivity contribution in [3.63, 3.8) is 0 Å². The summed E-state index contributed by atoms with van der Waals surface area (Å²) in [6.45, 7) is 4.00. The minimum atomic E-state index is -0.0271. The van der Waals surface area contributed by atoms with Crippen molar-refractivity contribution in [1.29, 1.82) is 0 Å². The first-order valence-corrected chi connectivity index (χ1v) is 6.09. The molecule has 4 nitrogen and oxygen atoms in total. The highest BCUT2D eigenvalue weighted by Gasteiger charge is 2.09. The van der Waals surface area contributed by atoms with Crippen molar-refractivity contribution in [3.05, 3.63) is 35.1 Å². The van der Waals surface area contributed by atoms with E-state index in [2.05, 4.69) is 15.3 Å². The molecule has 0 atom stereocenters. The predicted molar refractivity (Wildman–Crippen MR) is 67.6 cm³/mol. The molecule has 0 saturated heterocycles. The summed E-state index contributed by atoms with van der Waals surface area (Å²) in [4.78, 5) is 20.5. The third-order valence-corrected chi connectivity index (χ3v) is 3.51. The van der Waals surface area contributed by atoms with E-state index in [-0.39, 0.29) is 5.91 Å². The molecule has 0 aliphatic carbocycles. The number of pyridine rings is 1. The van der Waals surface area contributed by atoms with E-state index < -0.39 is 0 Å². The van der Waals surface area contributed by atoms with Crippen molar-refractivity contribution in [2.24, 2.45) is 0 Å². The lowest BCUT2D eigenvalue weighted by atomic mass is 10.3. The van der Waals surface area contributed by atoms with Crippen LogP contribution in [0.1, 0.15) is 17.5 Å². The lowest BCUT2D eigenvalue weighted by Gasteiger charge is -1.98. The van der Waals surface area contributed by atoms with Crippen LogP contribution in [0, 0.1) is 6.92 Å². The van der Waals surface area contributed by atoms with Crippen LogP contribution >= 0.6 is 11.3 Å². The Kier molecular flexibility index (Phi) is 3.49. The summed E-state index contributed by atoms with van der Waals surface area (Å²) in [5, 5.41) is 3.72. The summed E-state index contributed by atoms with van der Waals surface area (Å²) in [5.74, 6) is -0.0271. The average Bonchev–Trinajstić information content (AvgIpc) is 2.69.